The van der Waals surface area contributed by atoms with Gasteiger partial charge in [0.25, 0.3) is 5.91 Å². The van der Waals surface area contributed by atoms with Crippen molar-refractivity contribution in [2.24, 2.45) is 0 Å². The van der Waals surface area contributed by atoms with E-state index in [-0.39, 0.29) is 5.56 Å². The third kappa shape index (κ3) is 2.83. The Bertz CT molecular complexity index is 457. The van der Waals surface area contributed by atoms with Crippen LogP contribution in [0.1, 0.15) is 29.8 Å². The monoisotopic (exact) mass is 219 g/mol. The topological polar surface area (TPSA) is 29.1 Å². The quantitative estimate of drug-likeness (QED) is 0.760. The predicted molar refractivity (Wildman–Crippen MR) is 61.5 cm³/mol. The summed E-state index contributed by atoms with van der Waals surface area (Å²) in [4.78, 5) is 11.7. The second-order valence-corrected chi connectivity index (χ2v) is 4.21. The normalized spacial score (nSPS) is 10.7. The van der Waals surface area contributed by atoms with Crippen molar-refractivity contribution in [3.05, 3.63) is 35.1 Å². The van der Waals surface area contributed by atoms with E-state index >= 15 is 0 Å². The summed E-state index contributed by atoms with van der Waals surface area (Å²) >= 11 is 0. The number of aryl methyl sites for hydroxylation is 1. The van der Waals surface area contributed by atoms with Crippen molar-refractivity contribution >= 4 is 5.91 Å². The van der Waals surface area contributed by atoms with E-state index in [4.69, 9.17) is 6.42 Å². The maximum absolute atomic E-state index is 13.4. The first kappa shape index (κ1) is 12.3. The zero-order valence-electron chi connectivity index (χ0n) is 9.60. The van der Waals surface area contributed by atoms with Crippen molar-refractivity contribution in [3.63, 3.8) is 0 Å². The van der Waals surface area contributed by atoms with Crippen LogP contribution >= 0.6 is 0 Å². The summed E-state index contributed by atoms with van der Waals surface area (Å²) in [5.74, 6) is 1.38. The van der Waals surface area contributed by atoms with Gasteiger partial charge in [-0.1, -0.05) is 17.6 Å². The van der Waals surface area contributed by atoms with Crippen molar-refractivity contribution in [2.45, 2.75) is 26.3 Å². The van der Waals surface area contributed by atoms with E-state index in [2.05, 4.69) is 11.2 Å². The molecule has 84 valence electrons. The molecule has 0 saturated carbocycles. The number of hydrogen-bond donors (Lipinski definition) is 1. The van der Waals surface area contributed by atoms with Gasteiger partial charge in [-0.05, 0) is 32.9 Å². The number of benzene rings is 1. The third-order valence-electron chi connectivity index (χ3n) is 2.15. The van der Waals surface area contributed by atoms with Crippen LogP contribution in [-0.2, 0) is 0 Å². The van der Waals surface area contributed by atoms with Gasteiger partial charge >= 0.3 is 0 Å². The van der Waals surface area contributed by atoms with Crippen LogP contribution in [-0.4, -0.2) is 11.4 Å². The highest BCUT2D eigenvalue weighted by Gasteiger charge is 2.20. The molecule has 1 aromatic carbocycles. The summed E-state index contributed by atoms with van der Waals surface area (Å²) < 4.78 is 13.4. The largest absolute Gasteiger partial charge is 0.336 e. The van der Waals surface area contributed by atoms with Gasteiger partial charge in [0.15, 0.2) is 0 Å². The number of carbonyl (C=O) groups is 1. The fraction of sp³-hybridized carbons (Fsp3) is 0.308. The van der Waals surface area contributed by atoms with Gasteiger partial charge in [0.2, 0.25) is 0 Å². The summed E-state index contributed by atoms with van der Waals surface area (Å²) in [5, 5.41) is 2.58. The Morgan fingerprint density at radius 1 is 1.50 bits per heavy atom. The van der Waals surface area contributed by atoms with E-state index in [1.54, 1.807) is 26.8 Å². The molecule has 3 heteroatoms. The van der Waals surface area contributed by atoms with Crippen LogP contribution in [0.5, 0.6) is 0 Å². The lowest BCUT2D eigenvalue weighted by atomic mass is 10.1. The maximum atomic E-state index is 13.4. The molecule has 0 unspecified atom stereocenters. The lowest BCUT2D eigenvalue weighted by molar-refractivity contribution is 0.0925. The van der Waals surface area contributed by atoms with Crippen LogP contribution in [0, 0.1) is 25.1 Å². The average Bonchev–Trinajstić information content (AvgIpc) is 2.21. The van der Waals surface area contributed by atoms with Crippen molar-refractivity contribution in [2.75, 3.05) is 0 Å². The smallest absolute Gasteiger partial charge is 0.255 e. The number of terminal acetylenes is 1. The zero-order chi connectivity index (χ0) is 12.3. The molecule has 1 amide bonds. The van der Waals surface area contributed by atoms with Crippen molar-refractivity contribution < 1.29 is 9.18 Å². The summed E-state index contributed by atoms with van der Waals surface area (Å²) in [6.45, 7) is 5.15. The number of amides is 1. The van der Waals surface area contributed by atoms with Gasteiger partial charge in [0.1, 0.15) is 5.82 Å². The Labute approximate surface area is 94.9 Å². The highest BCUT2D eigenvalue weighted by molar-refractivity contribution is 5.95. The minimum absolute atomic E-state index is 0.0170. The molecule has 0 aliphatic carbocycles. The fourth-order valence-electron chi connectivity index (χ4n) is 1.20. The van der Waals surface area contributed by atoms with E-state index in [1.807, 2.05) is 0 Å². The number of halogens is 1. The predicted octanol–water partition coefficient (Wildman–Crippen LogP) is 2.28. The molecule has 0 aliphatic rings. The molecule has 0 aromatic heterocycles. The van der Waals surface area contributed by atoms with Crippen LogP contribution in [0.25, 0.3) is 0 Å². The first-order valence-corrected chi connectivity index (χ1v) is 4.92. The van der Waals surface area contributed by atoms with Crippen LogP contribution in [0.3, 0.4) is 0 Å². The van der Waals surface area contributed by atoms with Gasteiger partial charge in [0.05, 0.1) is 11.1 Å². The Hall–Kier alpha value is -1.82. The van der Waals surface area contributed by atoms with Crippen molar-refractivity contribution in [1.82, 2.24) is 5.32 Å². The molecule has 0 radical (unpaired) electrons. The molecule has 0 heterocycles. The zero-order valence-corrected chi connectivity index (χ0v) is 9.60. The molecular formula is C13H14FNO. The second kappa shape index (κ2) is 4.36. The molecule has 0 aliphatic heterocycles. The first-order valence-electron chi connectivity index (χ1n) is 4.92. The minimum atomic E-state index is -0.784. The highest BCUT2D eigenvalue weighted by Crippen LogP contribution is 2.11. The number of rotatable bonds is 2. The molecule has 0 saturated heterocycles. The standard InChI is InChI=1S/C13H14FNO/c1-5-13(3,4)15-12(16)10-8-9(2)6-7-11(10)14/h1,6-8H,2-4H3,(H,15,16). The van der Waals surface area contributed by atoms with Crippen LogP contribution in [0.2, 0.25) is 0 Å². The van der Waals surface area contributed by atoms with Crippen LogP contribution in [0.15, 0.2) is 18.2 Å². The van der Waals surface area contributed by atoms with Gasteiger partial charge in [-0.3, -0.25) is 4.79 Å². The first-order chi connectivity index (χ1) is 7.35. The second-order valence-electron chi connectivity index (χ2n) is 4.21. The molecule has 0 spiro atoms. The van der Waals surface area contributed by atoms with Gasteiger partial charge in [-0.15, -0.1) is 6.42 Å². The van der Waals surface area contributed by atoms with E-state index in [1.165, 1.54) is 12.1 Å². The maximum Gasteiger partial charge on any atom is 0.255 e. The number of carbonyl (C=O) groups excluding carboxylic acids is 1. The lowest BCUT2D eigenvalue weighted by Gasteiger charge is -2.19. The molecular weight excluding hydrogens is 205 g/mol. The summed E-state index contributed by atoms with van der Waals surface area (Å²) in [7, 11) is 0. The lowest BCUT2D eigenvalue weighted by Crippen LogP contribution is -2.42. The summed E-state index contributed by atoms with van der Waals surface area (Å²) in [6, 6.07) is 4.38. The molecule has 1 N–H and O–H groups in total. The van der Waals surface area contributed by atoms with Gasteiger partial charge in [0, 0.05) is 0 Å². The molecule has 2 nitrogen and oxygen atoms in total. The van der Waals surface area contributed by atoms with Crippen molar-refractivity contribution in [1.29, 1.82) is 0 Å². The molecule has 0 bridgehead atoms. The Kier molecular flexibility index (Phi) is 3.34. The fourth-order valence-corrected chi connectivity index (χ4v) is 1.20. The molecule has 16 heavy (non-hydrogen) atoms. The highest BCUT2D eigenvalue weighted by atomic mass is 19.1. The Balaban J connectivity index is 2.98. The summed E-state index contributed by atoms with van der Waals surface area (Å²) in [5.41, 5.74) is 0.0566. The number of hydrogen-bond acceptors (Lipinski definition) is 1. The van der Waals surface area contributed by atoms with Gasteiger partial charge in [-0.25, -0.2) is 4.39 Å². The van der Waals surface area contributed by atoms with Gasteiger partial charge < -0.3 is 5.32 Å². The number of nitrogens with one attached hydrogen (secondary N) is 1. The van der Waals surface area contributed by atoms with E-state index < -0.39 is 17.3 Å². The Morgan fingerprint density at radius 3 is 2.69 bits per heavy atom. The van der Waals surface area contributed by atoms with Crippen LogP contribution < -0.4 is 5.32 Å². The summed E-state index contributed by atoms with van der Waals surface area (Å²) in [6.07, 6.45) is 5.24. The van der Waals surface area contributed by atoms with E-state index in [0.29, 0.717) is 0 Å². The minimum Gasteiger partial charge on any atom is -0.336 e. The molecule has 1 aromatic rings. The molecule has 0 atom stereocenters. The van der Waals surface area contributed by atoms with Gasteiger partial charge in [-0.2, -0.15) is 0 Å². The average molecular weight is 219 g/mol. The third-order valence-corrected chi connectivity index (χ3v) is 2.15. The van der Waals surface area contributed by atoms with E-state index in [0.717, 1.165) is 5.56 Å². The molecule has 1 rings (SSSR count). The van der Waals surface area contributed by atoms with Crippen LogP contribution in [0.4, 0.5) is 4.39 Å². The van der Waals surface area contributed by atoms with Crippen molar-refractivity contribution in [3.8, 4) is 12.3 Å². The molecule has 0 fully saturated rings. The Morgan fingerprint density at radius 2 is 2.12 bits per heavy atom. The van der Waals surface area contributed by atoms with E-state index in [9.17, 15) is 9.18 Å². The SMILES string of the molecule is C#CC(C)(C)NC(=O)c1cc(C)ccc1F.